The van der Waals surface area contributed by atoms with Gasteiger partial charge in [-0.25, -0.2) is 19.6 Å². The van der Waals surface area contributed by atoms with Crippen molar-refractivity contribution in [1.29, 1.82) is 5.26 Å². The van der Waals surface area contributed by atoms with Gasteiger partial charge < -0.3 is 24.4 Å². The van der Waals surface area contributed by atoms with Crippen molar-refractivity contribution in [2.24, 2.45) is 23.2 Å². The van der Waals surface area contributed by atoms with Gasteiger partial charge in [0.25, 0.3) is 0 Å². The minimum atomic E-state index is -3.59. The lowest BCUT2D eigenvalue weighted by atomic mass is 9.85. The Labute approximate surface area is 265 Å². The molecule has 0 radical (unpaired) electrons. The third-order valence-corrected chi connectivity index (χ3v) is 9.54. The fourth-order valence-electron chi connectivity index (χ4n) is 7.10. The number of rotatable bonds is 1. The lowest BCUT2D eigenvalue weighted by Crippen LogP contribution is -2.57. The van der Waals surface area contributed by atoms with Gasteiger partial charge in [-0.2, -0.15) is 14.0 Å². The van der Waals surface area contributed by atoms with Gasteiger partial charge in [0.15, 0.2) is 5.69 Å². The maximum Gasteiger partial charge on any atom is 0.408 e. The molecule has 2 bridgehead atoms. The molecule has 3 fully saturated rings. The van der Waals surface area contributed by atoms with E-state index in [1.54, 1.807) is 20.8 Å². The van der Waals surface area contributed by atoms with E-state index in [4.69, 9.17) is 14.2 Å². The molecule has 1 saturated heterocycles. The van der Waals surface area contributed by atoms with Crippen LogP contribution in [0.1, 0.15) is 64.1 Å². The monoisotopic (exact) mass is 637 g/mol. The Bertz CT molecular complexity index is 1630. The molecule has 11 nitrogen and oxygen atoms in total. The molecule has 2 aliphatic carbocycles. The third kappa shape index (κ3) is 6.09. The van der Waals surface area contributed by atoms with Crippen molar-refractivity contribution in [2.75, 3.05) is 13.7 Å². The number of carbonyl (C=O) groups excluding carboxylic acids is 3. The molecule has 6 rings (SSSR count). The number of amides is 2. The number of hydrogen-bond acceptors (Lipinski definition) is 9. The maximum absolute atomic E-state index is 15.9. The van der Waals surface area contributed by atoms with Crippen molar-refractivity contribution >= 4 is 29.0 Å². The normalized spacial score (nSPS) is 31.5. The molecule has 1 aromatic carbocycles. The molecule has 0 spiro atoms. The number of nitriles is 1. The van der Waals surface area contributed by atoms with E-state index in [1.807, 2.05) is 6.07 Å². The van der Waals surface area contributed by atoms with Gasteiger partial charge in [0.05, 0.1) is 36.3 Å². The second kappa shape index (κ2) is 11.8. The standard InChI is InChI=1S/C33H37F2N5O6/c1-32(2,3)27-29(41)40-16-19(14-24(40)30(42)44-4)45-28-26(37-22-9-8-17(15-36)11-23(22)38-28)33(34,35)10-6-5-7-20-21-12-18(21)13-25(20)46-31(43)39-27/h6,8-11,18-21,24-25,27H,5,7,12-14,16H2,1-4H3,(H,39,43)/b10-6+/t18?,19-,20-,21+,24+,25-,27-/m1/s1. The van der Waals surface area contributed by atoms with Crippen LogP contribution < -0.4 is 10.1 Å². The summed E-state index contributed by atoms with van der Waals surface area (Å²) in [6, 6.07) is 4.15. The second-order valence-corrected chi connectivity index (χ2v) is 13.7. The average Bonchev–Trinajstić information content (AvgIpc) is 3.50. The lowest BCUT2D eigenvalue weighted by Gasteiger charge is -2.35. The van der Waals surface area contributed by atoms with Crippen LogP contribution in [-0.4, -0.2) is 70.8 Å². The number of alkyl carbamates (subject to hydrolysis) is 1. The third-order valence-electron chi connectivity index (χ3n) is 9.54. The van der Waals surface area contributed by atoms with Crippen LogP contribution in [0, 0.1) is 34.5 Å². The zero-order valence-electron chi connectivity index (χ0n) is 26.2. The van der Waals surface area contributed by atoms with Gasteiger partial charge in [-0.05, 0) is 73.1 Å². The summed E-state index contributed by atoms with van der Waals surface area (Å²) >= 11 is 0. The first-order chi connectivity index (χ1) is 21.8. The van der Waals surface area contributed by atoms with E-state index in [0.29, 0.717) is 31.1 Å². The van der Waals surface area contributed by atoms with Crippen LogP contribution in [-0.2, 0) is 25.0 Å². The Balaban J connectivity index is 1.42. The van der Waals surface area contributed by atoms with E-state index in [-0.39, 0.29) is 35.5 Å². The molecule has 3 heterocycles. The highest BCUT2D eigenvalue weighted by Gasteiger charge is 2.55. The lowest BCUT2D eigenvalue weighted by molar-refractivity contribution is -0.152. The smallest absolute Gasteiger partial charge is 0.408 e. The first-order valence-corrected chi connectivity index (χ1v) is 15.6. The van der Waals surface area contributed by atoms with Crippen molar-refractivity contribution in [3.63, 3.8) is 0 Å². The summed E-state index contributed by atoms with van der Waals surface area (Å²) in [5, 5.41) is 12.1. The van der Waals surface area contributed by atoms with E-state index in [9.17, 15) is 19.6 Å². The van der Waals surface area contributed by atoms with Crippen LogP contribution >= 0.6 is 0 Å². The number of nitrogens with one attached hydrogen (secondary N) is 1. The topological polar surface area (TPSA) is 144 Å². The SMILES string of the molecule is COC(=O)[C@@H]1C[C@@H]2CN1C(=O)[C@H](C(C)(C)C)NC(=O)O[C@@H]1CC3C[C@@H]3[C@H]1CC/C=C/C(F)(F)c1nc3ccc(C#N)cc3nc1O2. The summed E-state index contributed by atoms with van der Waals surface area (Å²) in [6.45, 7) is 5.18. The Morgan fingerprint density at radius 3 is 2.63 bits per heavy atom. The first-order valence-electron chi connectivity index (χ1n) is 15.6. The highest BCUT2D eigenvalue weighted by atomic mass is 19.3. The molecule has 7 atom stereocenters. The van der Waals surface area contributed by atoms with Crippen molar-refractivity contribution < 1.29 is 37.4 Å². The molecule has 2 amide bonds. The first kappa shape index (κ1) is 31.6. The molecule has 1 N–H and O–H groups in total. The summed E-state index contributed by atoms with van der Waals surface area (Å²) in [6.07, 6.45) is 2.61. The van der Waals surface area contributed by atoms with Crippen molar-refractivity contribution in [2.45, 2.75) is 83.1 Å². The molecule has 4 aliphatic rings. The second-order valence-electron chi connectivity index (χ2n) is 13.7. The van der Waals surface area contributed by atoms with Crippen molar-refractivity contribution in [1.82, 2.24) is 20.2 Å². The summed E-state index contributed by atoms with van der Waals surface area (Å²) in [5.41, 5.74) is -0.903. The number of hydrogen-bond donors (Lipinski definition) is 1. The Morgan fingerprint density at radius 1 is 1.13 bits per heavy atom. The number of allylic oxidation sites excluding steroid dienone is 2. The minimum Gasteiger partial charge on any atom is -0.471 e. The van der Waals surface area contributed by atoms with Crippen LogP contribution in [0.25, 0.3) is 11.0 Å². The van der Waals surface area contributed by atoms with Crippen molar-refractivity contribution in [3.05, 3.63) is 41.6 Å². The molecule has 2 saturated carbocycles. The number of fused-ring (bicyclic) bond motifs is 7. The fraction of sp³-hybridized carbons (Fsp3) is 0.576. The average molecular weight is 638 g/mol. The van der Waals surface area contributed by atoms with Crippen molar-refractivity contribution in [3.8, 4) is 11.9 Å². The molecule has 2 aromatic rings. The van der Waals surface area contributed by atoms with Crippen LogP contribution in [0.5, 0.6) is 5.88 Å². The molecule has 244 valence electrons. The predicted octanol–water partition coefficient (Wildman–Crippen LogP) is 4.63. The summed E-state index contributed by atoms with van der Waals surface area (Å²) in [4.78, 5) is 50.1. The zero-order chi connectivity index (χ0) is 33.0. The van der Waals surface area contributed by atoms with Gasteiger partial charge in [-0.3, -0.25) is 4.79 Å². The number of alkyl halides is 2. The Morgan fingerprint density at radius 2 is 1.91 bits per heavy atom. The Hall–Kier alpha value is -4.34. The molecular weight excluding hydrogens is 600 g/mol. The molecule has 2 aliphatic heterocycles. The van der Waals surface area contributed by atoms with Crippen LogP contribution in [0.15, 0.2) is 30.4 Å². The predicted molar refractivity (Wildman–Crippen MR) is 159 cm³/mol. The number of carbonyl (C=O) groups is 3. The fourth-order valence-corrected chi connectivity index (χ4v) is 7.10. The van der Waals surface area contributed by atoms with E-state index in [0.717, 1.165) is 12.5 Å². The van der Waals surface area contributed by atoms with Gasteiger partial charge in [-0.1, -0.05) is 26.8 Å². The van der Waals surface area contributed by atoms with Gasteiger partial charge in [-0.15, -0.1) is 0 Å². The molecule has 46 heavy (non-hydrogen) atoms. The Kier molecular flexibility index (Phi) is 8.11. The largest absolute Gasteiger partial charge is 0.471 e. The quantitative estimate of drug-likeness (QED) is 0.350. The number of methoxy groups -OCH3 is 1. The maximum atomic E-state index is 15.9. The van der Waals surface area contributed by atoms with Crippen LogP contribution in [0.3, 0.4) is 0 Å². The number of esters is 1. The van der Waals surface area contributed by atoms with E-state index in [1.165, 1.54) is 36.3 Å². The number of benzene rings is 1. The summed E-state index contributed by atoms with van der Waals surface area (Å²) in [5.74, 6) is -4.53. The van der Waals surface area contributed by atoms with Gasteiger partial charge in [0.1, 0.15) is 24.3 Å². The molecule has 1 aromatic heterocycles. The van der Waals surface area contributed by atoms with Crippen LogP contribution in [0.4, 0.5) is 13.6 Å². The minimum absolute atomic E-state index is 0.00780. The van der Waals surface area contributed by atoms with Gasteiger partial charge >= 0.3 is 18.0 Å². The van der Waals surface area contributed by atoms with Crippen LogP contribution in [0.2, 0.25) is 0 Å². The highest BCUT2D eigenvalue weighted by molar-refractivity contribution is 5.91. The van der Waals surface area contributed by atoms with E-state index >= 15 is 8.78 Å². The number of ether oxygens (including phenoxy) is 3. The summed E-state index contributed by atoms with van der Waals surface area (Å²) < 4.78 is 48.7. The molecule has 13 heteroatoms. The molecular formula is C33H37F2N5O6. The highest BCUT2D eigenvalue weighted by Crippen LogP contribution is 2.57. The van der Waals surface area contributed by atoms with E-state index < -0.39 is 65.2 Å². The van der Waals surface area contributed by atoms with Gasteiger partial charge in [0.2, 0.25) is 11.8 Å². The number of aromatic nitrogens is 2. The number of halogens is 2. The molecule has 1 unspecified atom stereocenters. The number of nitrogens with zero attached hydrogens (tertiary/aromatic N) is 4. The van der Waals surface area contributed by atoms with E-state index in [2.05, 4.69) is 15.3 Å². The van der Waals surface area contributed by atoms with Gasteiger partial charge in [0, 0.05) is 6.42 Å². The zero-order valence-corrected chi connectivity index (χ0v) is 26.2. The summed E-state index contributed by atoms with van der Waals surface area (Å²) in [7, 11) is 1.19.